The lowest BCUT2D eigenvalue weighted by Crippen LogP contribution is -2.21. The van der Waals surface area contributed by atoms with Gasteiger partial charge in [0, 0.05) is 12.1 Å². The molecule has 0 unspecified atom stereocenters. The minimum absolute atomic E-state index is 0.0866. The summed E-state index contributed by atoms with van der Waals surface area (Å²) in [5.74, 6) is -0.678. The number of rotatable bonds is 4. The molecular formula is C18H14FN3O4. The largest absolute Gasteiger partial charge is 0.476 e. The van der Waals surface area contributed by atoms with Crippen molar-refractivity contribution in [2.75, 3.05) is 11.6 Å². The summed E-state index contributed by atoms with van der Waals surface area (Å²) in [7, 11) is 0. The number of nitrogens with zero attached hydrogens (tertiary/aromatic N) is 3. The summed E-state index contributed by atoms with van der Waals surface area (Å²) in [5.41, 5.74) is 1.13. The van der Waals surface area contributed by atoms with Crippen molar-refractivity contribution >= 4 is 29.3 Å². The molecule has 2 aromatic rings. The first kappa shape index (κ1) is 17.3. The monoisotopic (exact) mass is 355 g/mol. The maximum atomic E-state index is 13.1. The number of carbonyl (C=O) groups is 1. The summed E-state index contributed by atoms with van der Waals surface area (Å²) >= 11 is 0. The quantitative estimate of drug-likeness (QED) is 0.477. The highest BCUT2D eigenvalue weighted by atomic mass is 19.1. The van der Waals surface area contributed by atoms with Gasteiger partial charge in [0.2, 0.25) is 5.90 Å². The summed E-state index contributed by atoms with van der Waals surface area (Å²) in [6, 6.07) is 11.1. The minimum atomic E-state index is -0.523. The Hall–Kier alpha value is -3.55. The van der Waals surface area contributed by atoms with Crippen LogP contribution in [0.2, 0.25) is 0 Å². The van der Waals surface area contributed by atoms with Gasteiger partial charge in [-0.05, 0) is 42.8 Å². The predicted molar refractivity (Wildman–Crippen MR) is 94.0 cm³/mol. The van der Waals surface area contributed by atoms with Crippen LogP contribution in [0.15, 0.2) is 59.2 Å². The number of non-ortho nitro benzene ring substituents is 1. The molecule has 0 aromatic heterocycles. The van der Waals surface area contributed by atoms with Crippen LogP contribution in [0.3, 0.4) is 0 Å². The van der Waals surface area contributed by atoms with E-state index in [0.29, 0.717) is 17.9 Å². The van der Waals surface area contributed by atoms with Gasteiger partial charge < -0.3 is 4.74 Å². The van der Waals surface area contributed by atoms with E-state index in [9.17, 15) is 19.3 Å². The zero-order valence-corrected chi connectivity index (χ0v) is 13.8. The normalized spacial score (nSPS) is 15.3. The molecule has 0 radical (unpaired) electrons. The van der Waals surface area contributed by atoms with E-state index in [1.54, 1.807) is 13.0 Å². The fraction of sp³-hybridized carbons (Fsp3) is 0.111. The second-order valence-corrected chi connectivity index (χ2v) is 5.34. The second kappa shape index (κ2) is 7.14. The van der Waals surface area contributed by atoms with Crippen LogP contribution in [0, 0.1) is 15.9 Å². The van der Waals surface area contributed by atoms with Crippen molar-refractivity contribution in [2.45, 2.75) is 6.92 Å². The van der Waals surface area contributed by atoms with Gasteiger partial charge in [-0.25, -0.2) is 4.39 Å². The fourth-order valence-electron chi connectivity index (χ4n) is 2.38. The molecule has 0 fully saturated rings. The van der Waals surface area contributed by atoms with Crippen molar-refractivity contribution in [1.29, 1.82) is 0 Å². The van der Waals surface area contributed by atoms with E-state index in [1.165, 1.54) is 48.5 Å². The molecule has 132 valence electrons. The third-order valence-electron chi connectivity index (χ3n) is 3.61. The molecule has 0 atom stereocenters. The van der Waals surface area contributed by atoms with E-state index >= 15 is 0 Å². The van der Waals surface area contributed by atoms with Crippen LogP contribution in [0.1, 0.15) is 12.5 Å². The topological polar surface area (TPSA) is 85.0 Å². The van der Waals surface area contributed by atoms with Crippen LogP contribution in [0.25, 0.3) is 6.08 Å². The molecule has 0 spiro atoms. The van der Waals surface area contributed by atoms with Crippen LogP contribution in [-0.4, -0.2) is 23.3 Å². The first-order valence-corrected chi connectivity index (χ1v) is 7.77. The number of hydrogen-bond acceptors (Lipinski definition) is 5. The number of ether oxygens (including phenoxy) is 1. The first-order valence-electron chi connectivity index (χ1n) is 7.77. The van der Waals surface area contributed by atoms with Crippen molar-refractivity contribution in [3.63, 3.8) is 0 Å². The first-order chi connectivity index (χ1) is 12.5. The summed E-state index contributed by atoms with van der Waals surface area (Å²) in [6.45, 7) is 2.07. The molecule has 0 bridgehead atoms. The Balaban J connectivity index is 1.95. The highest BCUT2D eigenvalue weighted by Gasteiger charge is 2.32. The molecule has 1 heterocycles. The molecule has 0 saturated heterocycles. The Bertz CT molecular complexity index is 905. The van der Waals surface area contributed by atoms with Crippen LogP contribution in [-0.2, 0) is 9.53 Å². The molecule has 0 aliphatic carbocycles. The SMILES string of the molecule is CCOC1=NN(c2ccc([N+](=O)[O-])cc2)C(=O)/C1=C\c1ccc(F)cc1. The minimum Gasteiger partial charge on any atom is -0.476 e. The van der Waals surface area contributed by atoms with Crippen LogP contribution < -0.4 is 5.01 Å². The van der Waals surface area contributed by atoms with E-state index in [2.05, 4.69) is 5.10 Å². The molecule has 8 heteroatoms. The van der Waals surface area contributed by atoms with E-state index in [-0.39, 0.29) is 23.0 Å². The van der Waals surface area contributed by atoms with Crippen molar-refractivity contribution in [3.05, 3.63) is 75.6 Å². The Morgan fingerprint density at radius 1 is 1.19 bits per heavy atom. The van der Waals surface area contributed by atoms with E-state index in [0.717, 1.165) is 5.01 Å². The highest BCUT2D eigenvalue weighted by Crippen LogP contribution is 2.27. The molecule has 1 aliphatic rings. The van der Waals surface area contributed by atoms with Gasteiger partial charge in [-0.15, -0.1) is 5.10 Å². The molecule has 1 amide bonds. The lowest BCUT2D eigenvalue weighted by atomic mass is 10.1. The molecule has 0 saturated carbocycles. The number of anilines is 1. The Morgan fingerprint density at radius 3 is 2.42 bits per heavy atom. The van der Waals surface area contributed by atoms with Gasteiger partial charge in [0.05, 0.1) is 17.2 Å². The maximum absolute atomic E-state index is 13.1. The zero-order valence-electron chi connectivity index (χ0n) is 13.8. The standard InChI is InChI=1S/C18H14FN3O4/c1-2-26-17-16(11-12-3-5-13(19)6-4-12)18(23)21(20-17)14-7-9-15(10-8-14)22(24)25/h3-11H,2H2,1H3/b16-11-. The number of halogens is 1. The summed E-state index contributed by atoms with van der Waals surface area (Å²) in [6.07, 6.45) is 1.56. The van der Waals surface area contributed by atoms with Gasteiger partial charge in [-0.1, -0.05) is 12.1 Å². The highest BCUT2D eigenvalue weighted by molar-refractivity contribution is 6.30. The molecular weight excluding hydrogens is 341 g/mol. The van der Waals surface area contributed by atoms with Crippen molar-refractivity contribution in [1.82, 2.24) is 0 Å². The third kappa shape index (κ3) is 3.44. The number of nitro benzene ring substituents is 1. The lowest BCUT2D eigenvalue weighted by Gasteiger charge is -2.10. The molecule has 2 aromatic carbocycles. The molecule has 0 N–H and O–H groups in total. The van der Waals surface area contributed by atoms with Crippen molar-refractivity contribution < 1.29 is 18.8 Å². The summed E-state index contributed by atoms with van der Waals surface area (Å²) in [5, 5.41) is 16.0. The number of benzene rings is 2. The Kier molecular flexibility index (Phi) is 4.74. The average molecular weight is 355 g/mol. The van der Waals surface area contributed by atoms with Gasteiger partial charge in [0.1, 0.15) is 11.4 Å². The maximum Gasteiger partial charge on any atom is 0.284 e. The number of amides is 1. The number of hydrazone groups is 1. The molecule has 3 rings (SSSR count). The van der Waals surface area contributed by atoms with E-state index in [1.807, 2.05) is 0 Å². The lowest BCUT2D eigenvalue weighted by molar-refractivity contribution is -0.384. The van der Waals surface area contributed by atoms with Crippen molar-refractivity contribution in [3.8, 4) is 0 Å². The summed E-state index contributed by atoms with van der Waals surface area (Å²) in [4.78, 5) is 23.0. The number of carbonyl (C=O) groups excluding carboxylic acids is 1. The molecule has 26 heavy (non-hydrogen) atoms. The van der Waals surface area contributed by atoms with Crippen molar-refractivity contribution in [2.24, 2.45) is 5.10 Å². The third-order valence-corrected chi connectivity index (χ3v) is 3.61. The molecule has 7 nitrogen and oxygen atoms in total. The Morgan fingerprint density at radius 2 is 1.85 bits per heavy atom. The van der Waals surface area contributed by atoms with Crippen LogP contribution in [0.4, 0.5) is 15.8 Å². The zero-order chi connectivity index (χ0) is 18.7. The molecule has 1 aliphatic heterocycles. The van der Waals surface area contributed by atoms with E-state index < -0.39 is 10.8 Å². The Labute approximate surface area is 148 Å². The predicted octanol–water partition coefficient (Wildman–Crippen LogP) is 3.51. The average Bonchev–Trinajstić information content (AvgIpc) is 2.93. The van der Waals surface area contributed by atoms with Gasteiger partial charge in [0.25, 0.3) is 11.6 Å². The van der Waals surface area contributed by atoms with Crippen LogP contribution >= 0.6 is 0 Å². The van der Waals surface area contributed by atoms with Gasteiger partial charge in [-0.2, -0.15) is 5.01 Å². The second-order valence-electron chi connectivity index (χ2n) is 5.34. The van der Waals surface area contributed by atoms with Gasteiger partial charge in [-0.3, -0.25) is 14.9 Å². The summed E-state index contributed by atoms with van der Waals surface area (Å²) < 4.78 is 18.5. The number of nitro groups is 1. The fourth-order valence-corrected chi connectivity index (χ4v) is 2.38. The van der Waals surface area contributed by atoms with E-state index in [4.69, 9.17) is 4.74 Å². The van der Waals surface area contributed by atoms with Crippen LogP contribution in [0.5, 0.6) is 0 Å². The van der Waals surface area contributed by atoms with Gasteiger partial charge in [0.15, 0.2) is 0 Å². The number of hydrogen-bond donors (Lipinski definition) is 0. The smallest absolute Gasteiger partial charge is 0.284 e. The van der Waals surface area contributed by atoms with Gasteiger partial charge >= 0.3 is 0 Å².